The number of hydrogen-bond acceptors (Lipinski definition) is 9. The van der Waals surface area contributed by atoms with Crippen molar-refractivity contribution in [3.8, 4) is 23.1 Å². The highest BCUT2D eigenvalue weighted by atomic mass is 35.5. The molecule has 0 saturated carbocycles. The number of nitrogens with one attached hydrogen (secondary N) is 2. The Hall–Kier alpha value is -4.52. The van der Waals surface area contributed by atoms with Crippen LogP contribution in [0.15, 0.2) is 78.5 Å². The monoisotopic (exact) mass is 688 g/mol. The van der Waals surface area contributed by atoms with Crippen LogP contribution in [0.25, 0.3) is 10.9 Å². The molecule has 3 heterocycles. The van der Waals surface area contributed by atoms with Crippen molar-refractivity contribution in [3.05, 3.63) is 89.1 Å². The normalized spacial score (nSPS) is 16.9. The van der Waals surface area contributed by atoms with Gasteiger partial charge in [-0.3, -0.25) is 4.79 Å². The molecule has 0 aliphatic carbocycles. The maximum atomic E-state index is 12.9. The Kier molecular flexibility index (Phi) is 10.8. The zero-order valence-electron chi connectivity index (χ0n) is 26.7. The zero-order valence-corrected chi connectivity index (χ0v) is 28.3. The molecular weight excluding hydrogens is 652 g/mol. The number of urea groups is 1. The van der Waals surface area contributed by atoms with Crippen molar-refractivity contribution in [3.63, 3.8) is 0 Å². The van der Waals surface area contributed by atoms with Crippen LogP contribution in [0.5, 0.6) is 23.1 Å². The number of anilines is 1. The number of carbonyl (C=O) groups excluding carboxylic acids is 2. The minimum absolute atomic E-state index is 0.351. The Morgan fingerprint density at radius 1 is 1.06 bits per heavy atom. The van der Waals surface area contributed by atoms with E-state index in [0.717, 1.165) is 37.5 Å². The van der Waals surface area contributed by atoms with Crippen molar-refractivity contribution < 1.29 is 23.8 Å². The molecule has 1 unspecified atom stereocenters. The predicted molar refractivity (Wildman–Crippen MR) is 187 cm³/mol. The maximum Gasteiger partial charge on any atom is 0.338 e. The number of amides is 3. The standard InChI is InChI=1S/C35H37ClN6O5S/c1-23-11-15-41(16-12-23)14-4-17-46-31-21-29-28(20-30(31)45-2)33(38-22-37-29)47-27-9-7-26(8-10-27)39-35(44)40-42-32(43)13-18-48-34(42)24-5-3-6-25(36)19-24/h3,5-10,13,18-23,34H,4,11-12,14-17H2,1-2H3,(H2,39,40,44). The molecular formula is C35H37ClN6O5S. The molecule has 1 saturated heterocycles. The lowest BCUT2D eigenvalue weighted by Gasteiger charge is -2.32. The van der Waals surface area contributed by atoms with Gasteiger partial charge in [-0.05, 0) is 91.7 Å². The van der Waals surface area contributed by atoms with Crippen molar-refractivity contribution >= 4 is 51.9 Å². The molecule has 2 aliphatic rings. The van der Waals surface area contributed by atoms with E-state index >= 15 is 0 Å². The third-order valence-corrected chi connectivity index (χ3v) is 9.48. The molecule has 0 radical (unpaired) electrons. The van der Waals surface area contributed by atoms with E-state index in [2.05, 4.69) is 32.5 Å². The largest absolute Gasteiger partial charge is 0.493 e. The first-order valence-electron chi connectivity index (χ1n) is 15.8. The Morgan fingerprint density at radius 2 is 1.88 bits per heavy atom. The smallest absolute Gasteiger partial charge is 0.338 e. The number of halogens is 1. The van der Waals surface area contributed by atoms with Gasteiger partial charge in [0, 0.05) is 29.4 Å². The van der Waals surface area contributed by atoms with Crippen LogP contribution in [-0.4, -0.2) is 65.2 Å². The fraction of sp³-hybridized carbons (Fsp3) is 0.314. The van der Waals surface area contributed by atoms with Gasteiger partial charge in [0.2, 0.25) is 5.88 Å². The minimum atomic E-state index is -0.576. The Labute approximate surface area is 288 Å². The highest BCUT2D eigenvalue weighted by Crippen LogP contribution is 2.37. The topological polar surface area (TPSA) is 118 Å². The Morgan fingerprint density at radius 3 is 2.65 bits per heavy atom. The van der Waals surface area contributed by atoms with Crippen LogP contribution in [0.1, 0.15) is 37.1 Å². The quantitative estimate of drug-likeness (QED) is 0.155. The molecule has 4 aromatic rings. The third kappa shape index (κ3) is 8.30. The summed E-state index contributed by atoms with van der Waals surface area (Å²) in [6, 6.07) is 17.0. The predicted octanol–water partition coefficient (Wildman–Crippen LogP) is 7.41. The molecule has 2 N–H and O–H groups in total. The summed E-state index contributed by atoms with van der Waals surface area (Å²) in [6.45, 7) is 6.22. The summed E-state index contributed by atoms with van der Waals surface area (Å²) < 4.78 is 17.9. The second kappa shape index (κ2) is 15.6. The second-order valence-corrected chi connectivity index (χ2v) is 13.1. The van der Waals surface area contributed by atoms with Gasteiger partial charge in [-0.2, -0.15) is 0 Å². The molecule has 0 spiro atoms. The highest BCUT2D eigenvalue weighted by Gasteiger charge is 2.29. The van der Waals surface area contributed by atoms with Gasteiger partial charge < -0.3 is 24.4 Å². The summed E-state index contributed by atoms with van der Waals surface area (Å²) >= 11 is 7.54. The molecule has 2 aliphatic heterocycles. The van der Waals surface area contributed by atoms with E-state index in [9.17, 15) is 9.59 Å². The van der Waals surface area contributed by atoms with Gasteiger partial charge in [-0.1, -0.05) is 30.7 Å². The zero-order chi connectivity index (χ0) is 33.5. The first kappa shape index (κ1) is 33.4. The first-order chi connectivity index (χ1) is 23.4. The third-order valence-electron chi connectivity index (χ3n) is 8.21. The van der Waals surface area contributed by atoms with Gasteiger partial charge >= 0.3 is 6.03 Å². The van der Waals surface area contributed by atoms with E-state index in [-0.39, 0.29) is 5.91 Å². The van der Waals surface area contributed by atoms with Gasteiger partial charge in [0.05, 0.1) is 24.6 Å². The van der Waals surface area contributed by atoms with E-state index < -0.39 is 11.4 Å². The number of piperidine rings is 1. The van der Waals surface area contributed by atoms with Crippen LogP contribution < -0.4 is 25.0 Å². The number of fused-ring (bicyclic) bond motifs is 1. The Bertz CT molecular complexity index is 1780. The molecule has 3 amide bonds. The summed E-state index contributed by atoms with van der Waals surface area (Å²) in [5, 5.41) is 6.46. The lowest BCUT2D eigenvalue weighted by Crippen LogP contribution is -2.49. The number of hydrogen-bond donors (Lipinski definition) is 2. The number of methoxy groups -OCH3 is 1. The van der Waals surface area contributed by atoms with Gasteiger partial charge in [0.15, 0.2) is 11.5 Å². The number of thioether (sulfide) groups is 1. The number of aromatic nitrogens is 2. The molecule has 48 heavy (non-hydrogen) atoms. The van der Waals surface area contributed by atoms with E-state index in [1.54, 1.807) is 55.0 Å². The van der Waals surface area contributed by atoms with Gasteiger partial charge in [-0.15, -0.1) is 11.8 Å². The molecule has 6 rings (SSSR count). The van der Waals surface area contributed by atoms with E-state index in [4.69, 9.17) is 25.8 Å². The average Bonchev–Trinajstić information content (AvgIpc) is 3.09. The van der Waals surface area contributed by atoms with Crippen molar-refractivity contribution in [2.45, 2.75) is 31.6 Å². The number of ether oxygens (including phenoxy) is 3. The molecule has 1 atom stereocenters. The molecule has 0 bridgehead atoms. The fourth-order valence-electron chi connectivity index (χ4n) is 5.57. The molecule has 250 valence electrons. The van der Waals surface area contributed by atoms with Crippen molar-refractivity contribution in [1.82, 2.24) is 25.3 Å². The number of carbonyl (C=O) groups is 2. The molecule has 1 aromatic heterocycles. The van der Waals surface area contributed by atoms with E-state index in [1.807, 2.05) is 18.2 Å². The van der Waals surface area contributed by atoms with E-state index in [0.29, 0.717) is 51.3 Å². The number of likely N-dealkylation sites (tertiary alicyclic amines) is 1. The lowest BCUT2D eigenvalue weighted by molar-refractivity contribution is -0.129. The van der Waals surface area contributed by atoms with Crippen molar-refractivity contribution in [1.29, 1.82) is 0 Å². The van der Waals surface area contributed by atoms with Crippen LogP contribution in [0.3, 0.4) is 0 Å². The highest BCUT2D eigenvalue weighted by molar-refractivity contribution is 8.02. The van der Waals surface area contributed by atoms with Gasteiger partial charge in [0.1, 0.15) is 17.5 Å². The van der Waals surface area contributed by atoms with Crippen LogP contribution in [0.2, 0.25) is 5.02 Å². The fourth-order valence-corrected chi connectivity index (χ4v) is 6.69. The maximum absolute atomic E-state index is 12.9. The Balaban J connectivity index is 1.07. The van der Waals surface area contributed by atoms with Crippen LogP contribution in [0, 0.1) is 5.92 Å². The van der Waals surface area contributed by atoms with E-state index in [1.165, 1.54) is 42.0 Å². The summed E-state index contributed by atoms with van der Waals surface area (Å²) in [5.41, 5.74) is 4.59. The van der Waals surface area contributed by atoms with Crippen molar-refractivity contribution in [2.24, 2.45) is 5.92 Å². The minimum Gasteiger partial charge on any atom is -0.493 e. The number of nitrogens with zero attached hydrogens (tertiary/aromatic N) is 4. The average molecular weight is 689 g/mol. The lowest BCUT2D eigenvalue weighted by atomic mass is 9.99. The molecule has 11 nitrogen and oxygen atoms in total. The van der Waals surface area contributed by atoms with Crippen LogP contribution >= 0.6 is 23.4 Å². The number of hydrazine groups is 1. The number of benzene rings is 3. The SMILES string of the molecule is COc1cc2c(Oc3ccc(NC(=O)NN4C(=O)C=CSC4c4cccc(Cl)c4)cc3)ncnc2cc1OCCCN1CCC(C)CC1. The number of rotatable bonds is 11. The second-order valence-electron chi connectivity index (χ2n) is 11.7. The molecule has 13 heteroatoms. The van der Waals surface area contributed by atoms with Gasteiger partial charge in [0.25, 0.3) is 5.91 Å². The summed E-state index contributed by atoms with van der Waals surface area (Å²) in [5.74, 6) is 2.50. The summed E-state index contributed by atoms with van der Waals surface area (Å²) in [7, 11) is 1.60. The summed E-state index contributed by atoms with van der Waals surface area (Å²) in [4.78, 5) is 36.8. The molecule has 3 aromatic carbocycles. The molecule has 1 fully saturated rings. The van der Waals surface area contributed by atoms with Crippen molar-refractivity contribution in [2.75, 3.05) is 38.7 Å². The first-order valence-corrected chi connectivity index (χ1v) is 17.1. The van der Waals surface area contributed by atoms with Crippen LogP contribution in [-0.2, 0) is 4.79 Å². The van der Waals surface area contributed by atoms with Crippen LogP contribution in [0.4, 0.5) is 10.5 Å². The summed E-state index contributed by atoms with van der Waals surface area (Å²) in [6.07, 6.45) is 6.28. The van der Waals surface area contributed by atoms with Gasteiger partial charge in [-0.25, -0.2) is 25.2 Å².